The van der Waals surface area contributed by atoms with Crippen LogP contribution in [0.5, 0.6) is 0 Å². The Labute approximate surface area is 130 Å². The van der Waals surface area contributed by atoms with E-state index in [0.717, 1.165) is 16.5 Å². The molecule has 2 aromatic rings. The summed E-state index contributed by atoms with van der Waals surface area (Å²) in [5, 5.41) is 3.77. The maximum Gasteiger partial charge on any atom is 0.419 e. The van der Waals surface area contributed by atoms with Gasteiger partial charge in [-0.1, -0.05) is 18.2 Å². The van der Waals surface area contributed by atoms with E-state index < -0.39 is 11.7 Å². The molecule has 1 heterocycles. The smallest absolute Gasteiger partial charge is 0.419 e. The number of nitrogens with zero attached hydrogens (tertiary/aromatic N) is 1. The largest absolute Gasteiger partial charge is 0.443 e. The number of rotatable bonds is 3. The molecule has 0 fully saturated rings. The van der Waals surface area contributed by atoms with Crippen LogP contribution in [0.15, 0.2) is 30.5 Å². The van der Waals surface area contributed by atoms with Gasteiger partial charge >= 0.3 is 6.09 Å². The molecule has 0 saturated carbocycles. The number of hydrogen-bond acceptors (Lipinski definition) is 3. The summed E-state index contributed by atoms with van der Waals surface area (Å²) in [4.78, 5) is 23.3. The van der Waals surface area contributed by atoms with Gasteiger partial charge in [0.15, 0.2) is 0 Å². The Hall–Kier alpha value is -2.30. The minimum absolute atomic E-state index is 0.0594. The summed E-state index contributed by atoms with van der Waals surface area (Å²) in [6.45, 7) is 7.55. The summed E-state index contributed by atoms with van der Waals surface area (Å²) in [5.74, 6) is -0.0594. The first kappa shape index (κ1) is 16.1. The molecule has 0 unspecified atom stereocenters. The molecule has 5 heteroatoms. The van der Waals surface area contributed by atoms with Crippen molar-refractivity contribution >= 4 is 22.9 Å². The first-order valence-corrected chi connectivity index (χ1v) is 7.35. The van der Waals surface area contributed by atoms with E-state index in [4.69, 9.17) is 4.74 Å². The fraction of sp³-hybridized carbons (Fsp3) is 0.412. The topological polar surface area (TPSA) is 60.3 Å². The minimum Gasteiger partial charge on any atom is -0.443 e. The highest BCUT2D eigenvalue weighted by molar-refractivity contribution is 5.92. The molecule has 0 aliphatic rings. The van der Waals surface area contributed by atoms with Crippen LogP contribution in [-0.2, 0) is 16.0 Å². The highest BCUT2D eigenvalue weighted by Crippen LogP contribution is 2.23. The molecule has 1 N–H and O–H groups in total. The van der Waals surface area contributed by atoms with Gasteiger partial charge in [0, 0.05) is 25.1 Å². The molecule has 1 aromatic heterocycles. The van der Waals surface area contributed by atoms with E-state index in [2.05, 4.69) is 5.32 Å². The number of ether oxygens (including phenoxy) is 1. The summed E-state index contributed by atoms with van der Waals surface area (Å²) < 4.78 is 6.97. The Kier molecular flexibility index (Phi) is 4.54. The standard InChI is InChI=1S/C17H22N2O3/c1-12(20)18-10-9-13-11-19(16(21)22-17(2,3)4)15-8-6-5-7-14(13)15/h5-8,11H,9-10H2,1-4H3,(H,18,20). The summed E-state index contributed by atoms with van der Waals surface area (Å²) in [5.41, 5.74) is 1.28. The highest BCUT2D eigenvalue weighted by Gasteiger charge is 2.20. The van der Waals surface area contributed by atoms with Crippen molar-refractivity contribution in [2.45, 2.75) is 39.7 Å². The zero-order chi connectivity index (χ0) is 16.3. The maximum atomic E-state index is 12.3. The fourth-order valence-corrected chi connectivity index (χ4v) is 2.28. The van der Waals surface area contributed by atoms with Crippen LogP contribution >= 0.6 is 0 Å². The van der Waals surface area contributed by atoms with Crippen LogP contribution in [0.2, 0.25) is 0 Å². The molecule has 1 amide bonds. The Morgan fingerprint density at radius 1 is 1.23 bits per heavy atom. The van der Waals surface area contributed by atoms with E-state index in [1.54, 1.807) is 6.20 Å². The molecule has 0 aliphatic heterocycles. The second-order valence-corrected chi connectivity index (χ2v) is 6.25. The van der Waals surface area contributed by atoms with Crippen molar-refractivity contribution in [3.63, 3.8) is 0 Å². The molecule has 0 atom stereocenters. The van der Waals surface area contributed by atoms with Crippen LogP contribution in [0.3, 0.4) is 0 Å². The molecule has 2 rings (SSSR count). The third-order valence-electron chi connectivity index (χ3n) is 3.15. The lowest BCUT2D eigenvalue weighted by atomic mass is 10.1. The van der Waals surface area contributed by atoms with Gasteiger partial charge in [-0.2, -0.15) is 0 Å². The number of nitrogens with one attached hydrogen (secondary N) is 1. The van der Waals surface area contributed by atoms with Gasteiger partial charge in [-0.05, 0) is 38.8 Å². The Morgan fingerprint density at radius 2 is 1.91 bits per heavy atom. The number of aromatic nitrogens is 1. The van der Waals surface area contributed by atoms with Gasteiger partial charge in [0.2, 0.25) is 5.91 Å². The third kappa shape index (κ3) is 3.87. The van der Waals surface area contributed by atoms with Crippen molar-refractivity contribution in [3.05, 3.63) is 36.0 Å². The first-order valence-electron chi connectivity index (χ1n) is 7.35. The number of para-hydroxylation sites is 1. The molecule has 1 aromatic carbocycles. The number of carbonyl (C=O) groups is 2. The Balaban J connectivity index is 2.31. The molecule has 0 spiro atoms. The van der Waals surface area contributed by atoms with Gasteiger partial charge in [-0.25, -0.2) is 4.79 Å². The first-order chi connectivity index (χ1) is 10.3. The van der Waals surface area contributed by atoms with Crippen LogP contribution in [-0.4, -0.2) is 28.7 Å². The number of hydrogen-bond donors (Lipinski definition) is 1. The van der Waals surface area contributed by atoms with E-state index in [1.165, 1.54) is 11.5 Å². The lowest BCUT2D eigenvalue weighted by Crippen LogP contribution is -2.26. The molecule has 5 nitrogen and oxygen atoms in total. The lowest BCUT2D eigenvalue weighted by Gasteiger charge is -2.19. The monoisotopic (exact) mass is 302 g/mol. The number of carbonyl (C=O) groups excluding carboxylic acids is 2. The summed E-state index contributed by atoms with van der Waals surface area (Å²) in [6.07, 6.45) is 2.06. The third-order valence-corrected chi connectivity index (χ3v) is 3.15. The van der Waals surface area contributed by atoms with Crippen molar-refractivity contribution < 1.29 is 14.3 Å². The molecule has 0 bridgehead atoms. The van der Waals surface area contributed by atoms with Crippen LogP contribution in [0, 0.1) is 0 Å². The highest BCUT2D eigenvalue weighted by atomic mass is 16.6. The van der Waals surface area contributed by atoms with Gasteiger partial charge in [-0.15, -0.1) is 0 Å². The average Bonchev–Trinajstić information content (AvgIpc) is 2.76. The van der Waals surface area contributed by atoms with E-state index in [0.29, 0.717) is 13.0 Å². The summed E-state index contributed by atoms with van der Waals surface area (Å²) >= 11 is 0. The zero-order valence-corrected chi connectivity index (χ0v) is 13.5. The second kappa shape index (κ2) is 6.22. The molecule has 118 valence electrons. The molecule has 22 heavy (non-hydrogen) atoms. The number of benzene rings is 1. The van der Waals surface area contributed by atoms with Gasteiger partial charge in [0.25, 0.3) is 0 Å². The number of amides is 1. The molecular formula is C17H22N2O3. The van der Waals surface area contributed by atoms with Gasteiger partial charge in [0.1, 0.15) is 5.60 Å². The van der Waals surface area contributed by atoms with Crippen molar-refractivity contribution in [1.29, 1.82) is 0 Å². The summed E-state index contributed by atoms with van der Waals surface area (Å²) in [6, 6.07) is 7.69. The zero-order valence-electron chi connectivity index (χ0n) is 13.5. The molecule has 0 aliphatic carbocycles. The molecular weight excluding hydrogens is 280 g/mol. The van der Waals surface area contributed by atoms with Crippen molar-refractivity contribution in [2.24, 2.45) is 0 Å². The van der Waals surface area contributed by atoms with Gasteiger partial charge < -0.3 is 10.1 Å². The van der Waals surface area contributed by atoms with E-state index in [1.807, 2.05) is 45.0 Å². The molecule has 0 radical (unpaired) electrons. The Bertz CT molecular complexity index is 695. The van der Waals surface area contributed by atoms with E-state index in [9.17, 15) is 9.59 Å². The van der Waals surface area contributed by atoms with Crippen LogP contribution in [0.1, 0.15) is 33.3 Å². The van der Waals surface area contributed by atoms with Crippen LogP contribution in [0.4, 0.5) is 4.79 Å². The maximum absolute atomic E-state index is 12.3. The SMILES string of the molecule is CC(=O)NCCc1cn(C(=O)OC(C)(C)C)c2ccccc12. The second-order valence-electron chi connectivity index (χ2n) is 6.25. The number of fused-ring (bicyclic) bond motifs is 1. The van der Waals surface area contributed by atoms with Crippen molar-refractivity contribution in [3.8, 4) is 0 Å². The van der Waals surface area contributed by atoms with Crippen molar-refractivity contribution in [1.82, 2.24) is 9.88 Å². The minimum atomic E-state index is -0.543. The van der Waals surface area contributed by atoms with Gasteiger partial charge in [-0.3, -0.25) is 9.36 Å². The fourth-order valence-electron chi connectivity index (χ4n) is 2.28. The Morgan fingerprint density at radius 3 is 2.55 bits per heavy atom. The van der Waals surface area contributed by atoms with Crippen LogP contribution < -0.4 is 5.32 Å². The van der Waals surface area contributed by atoms with Crippen molar-refractivity contribution in [2.75, 3.05) is 6.54 Å². The average molecular weight is 302 g/mol. The lowest BCUT2D eigenvalue weighted by molar-refractivity contribution is -0.118. The predicted octanol–water partition coefficient (Wildman–Crippen LogP) is 3.10. The predicted molar refractivity (Wildman–Crippen MR) is 86.0 cm³/mol. The summed E-state index contributed by atoms with van der Waals surface area (Å²) in [7, 11) is 0. The van der Waals surface area contributed by atoms with E-state index >= 15 is 0 Å². The van der Waals surface area contributed by atoms with Gasteiger partial charge in [0.05, 0.1) is 5.52 Å². The van der Waals surface area contributed by atoms with Crippen LogP contribution in [0.25, 0.3) is 10.9 Å². The molecule has 0 saturated heterocycles. The van der Waals surface area contributed by atoms with E-state index in [-0.39, 0.29) is 5.91 Å². The normalized spacial score (nSPS) is 11.5. The quantitative estimate of drug-likeness (QED) is 0.947.